The first-order valence-electron chi connectivity index (χ1n) is 6.58. The highest BCUT2D eigenvalue weighted by molar-refractivity contribution is 7.88. The van der Waals surface area contributed by atoms with Crippen molar-refractivity contribution >= 4 is 15.9 Å². The molecule has 1 aliphatic heterocycles. The fourth-order valence-corrected chi connectivity index (χ4v) is 2.91. The summed E-state index contributed by atoms with van der Waals surface area (Å²) < 4.78 is 24.6. The average Bonchev–Trinajstić information content (AvgIpc) is 2.91. The summed E-state index contributed by atoms with van der Waals surface area (Å²) in [6, 6.07) is 0.0376. The normalized spacial score (nSPS) is 20.1. The minimum atomic E-state index is -3.19. The van der Waals surface area contributed by atoms with Crippen molar-refractivity contribution in [2.45, 2.75) is 31.7 Å². The number of aromatic amines is 1. The topological polar surface area (TPSA) is 108 Å². The van der Waals surface area contributed by atoms with Crippen LogP contribution in [0, 0.1) is 0 Å². The number of carbonyl (C=O) groups excluding carboxylic acids is 1. The van der Waals surface area contributed by atoms with Gasteiger partial charge in [-0.05, 0) is 25.7 Å². The van der Waals surface area contributed by atoms with Gasteiger partial charge in [-0.2, -0.15) is 5.10 Å². The standard InChI is InChI=1S/C11H19N5O3S/c1-20(18,19)14-6-5-9-4-2-3-7-16(9)11(17)10-12-8-13-15-10/h8-9,14H,2-7H2,1H3,(H,12,13,15). The van der Waals surface area contributed by atoms with E-state index in [-0.39, 0.29) is 17.8 Å². The summed E-state index contributed by atoms with van der Waals surface area (Å²) in [7, 11) is -3.19. The van der Waals surface area contributed by atoms with Crippen LogP contribution in [0.5, 0.6) is 0 Å². The fourth-order valence-electron chi connectivity index (χ4n) is 2.42. The zero-order chi connectivity index (χ0) is 14.6. The van der Waals surface area contributed by atoms with Crippen LogP contribution in [0.3, 0.4) is 0 Å². The molecule has 2 N–H and O–H groups in total. The second-order valence-corrected chi connectivity index (χ2v) is 6.77. The Bertz CT molecular complexity index is 542. The molecule has 1 fully saturated rings. The molecular formula is C11H19N5O3S. The molecule has 0 saturated carbocycles. The highest BCUT2D eigenvalue weighted by atomic mass is 32.2. The zero-order valence-corrected chi connectivity index (χ0v) is 12.2. The van der Waals surface area contributed by atoms with Gasteiger partial charge in [-0.25, -0.2) is 18.1 Å². The van der Waals surface area contributed by atoms with Gasteiger partial charge in [-0.3, -0.25) is 9.89 Å². The molecule has 0 aliphatic carbocycles. The van der Waals surface area contributed by atoms with Crippen molar-refractivity contribution in [1.29, 1.82) is 0 Å². The van der Waals surface area contributed by atoms with Gasteiger partial charge in [-0.15, -0.1) is 0 Å². The average molecular weight is 301 g/mol. The number of H-pyrrole nitrogens is 1. The second-order valence-electron chi connectivity index (χ2n) is 4.94. The lowest BCUT2D eigenvalue weighted by molar-refractivity contribution is 0.0591. The molecule has 0 radical (unpaired) electrons. The number of sulfonamides is 1. The quantitative estimate of drug-likeness (QED) is 0.779. The first-order valence-corrected chi connectivity index (χ1v) is 8.47. The lowest BCUT2D eigenvalue weighted by Crippen LogP contribution is -2.45. The van der Waals surface area contributed by atoms with Crippen molar-refractivity contribution in [3.63, 3.8) is 0 Å². The highest BCUT2D eigenvalue weighted by Crippen LogP contribution is 2.20. The van der Waals surface area contributed by atoms with E-state index in [9.17, 15) is 13.2 Å². The number of piperidine rings is 1. The van der Waals surface area contributed by atoms with Crippen LogP contribution < -0.4 is 4.72 Å². The van der Waals surface area contributed by atoms with Crippen LogP contribution >= 0.6 is 0 Å². The van der Waals surface area contributed by atoms with Crippen molar-refractivity contribution in [2.75, 3.05) is 19.3 Å². The van der Waals surface area contributed by atoms with Crippen LogP contribution in [0.15, 0.2) is 6.33 Å². The predicted molar refractivity (Wildman–Crippen MR) is 72.5 cm³/mol. The number of hydrogen-bond acceptors (Lipinski definition) is 5. The van der Waals surface area contributed by atoms with Gasteiger partial charge in [0.2, 0.25) is 15.8 Å². The molecule has 9 heteroatoms. The van der Waals surface area contributed by atoms with E-state index in [4.69, 9.17) is 0 Å². The molecule has 1 aliphatic rings. The minimum absolute atomic E-state index is 0.0376. The molecule has 1 amide bonds. The number of rotatable bonds is 5. The van der Waals surface area contributed by atoms with Crippen molar-refractivity contribution in [2.24, 2.45) is 0 Å². The smallest absolute Gasteiger partial charge is 0.291 e. The summed E-state index contributed by atoms with van der Waals surface area (Å²) >= 11 is 0. The molecule has 2 heterocycles. The van der Waals surface area contributed by atoms with Crippen molar-refractivity contribution in [3.8, 4) is 0 Å². The summed E-state index contributed by atoms with van der Waals surface area (Å²) in [5.74, 6) is 0.0551. The largest absolute Gasteiger partial charge is 0.333 e. The van der Waals surface area contributed by atoms with Gasteiger partial charge in [0, 0.05) is 19.1 Å². The number of aromatic nitrogens is 3. The molecule has 1 atom stereocenters. The van der Waals surface area contributed by atoms with Gasteiger partial charge in [-0.1, -0.05) is 0 Å². The van der Waals surface area contributed by atoms with E-state index in [2.05, 4.69) is 19.9 Å². The Morgan fingerprint density at radius 2 is 2.35 bits per heavy atom. The molecule has 0 bridgehead atoms. The van der Waals surface area contributed by atoms with Gasteiger partial charge in [0.1, 0.15) is 6.33 Å². The molecule has 1 aromatic rings. The maximum Gasteiger partial charge on any atom is 0.291 e. The maximum absolute atomic E-state index is 12.3. The Morgan fingerprint density at radius 3 is 3.00 bits per heavy atom. The monoisotopic (exact) mass is 301 g/mol. The highest BCUT2D eigenvalue weighted by Gasteiger charge is 2.28. The molecule has 112 valence electrons. The van der Waals surface area contributed by atoms with E-state index in [0.717, 1.165) is 25.5 Å². The Morgan fingerprint density at radius 1 is 1.55 bits per heavy atom. The third kappa shape index (κ3) is 4.01. The molecule has 1 saturated heterocycles. The van der Waals surface area contributed by atoms with E-state index in [1.54, 1.807) is 4.90 Å². The molecule has 2 rings (SSSR count). The number of nitrogens with one attached hydrogen (secondary N) is 2. The molecule has 0 spiro atoms. The summed E-state index contributed by atoms with van der Waals surface area (Å²) in [6.45, 7) is 1.01. The minimum Gasteiger partial charge on any atom is -0.333 e. The van der Waals surface area contributed by atoms with Crippen LogP contribution in [0.1, 0.15) is 36.3 Å². The summed E-state index contributed by atoms with van der Waals surface area (Å²) in [5.41, 5.74) is 0. The van der Waals surface area contributed by atoms with Gasteiger partial charge in [0.05, 0.1) is 6.26 Å². The Kier molecular flexibility index (Phi) is 4.71. The molecule has 0 aromatic carbocycles. The Balaban J connectivity index is 1.96. The molecular weight excluding hydrogens is 282 g/mol. The van der Waals surface area contributed by atoms with E-state index < -0.39 is 10.0 Å². The van der Waals surface area contributed by atoms with Gasteiger partial charge < -0.3 is 4.90 Å². The van der Waals surface area contributed by atoms with Crippen molar-refractivity contribution in [1.82, 2.24) is 24.8 Å². The Labute approximate surface area is 118 Å². The van der Waals surface area contributed by atoms with Crippen LogP contribution in [0.25, 0.3) is 0 Å². The van der Waals surface area contributed by atoms with Crippen molar-refractivity contribution < 1.29 is 13.2 Å². The summed E-state index contributed by atoms with van der Waals surface area (Å²) in [4.78, 5) is 17.9. The van der Waals surface area contributed by atoms with Crippen LogP contribution in [0.4, 0.5) is 0 Å². The van der Waals surface area contributed by atoms with Crippen LogP contribution in [-0.4, -0.2) is 59.8 Å². The third-order valence-electron chi connectivity index (χ3n) is 3.35. The molecule has 8 nitrogen and oxygen atoms in total. The fraction of sp³-hybridized carbons (Fsp3) is 0.727. The van der Waals surface area contributed by atoms with Crippen LogP contribution in [-0.2, 0) is 10.0 Å². The van der Waals surface area contributed by atoms with E-state index in [1.807, 2.05) is 0 Å². The first-order chi connectivity index (χ1) is 9.47. The SMILES string of the molecule is CS(=O)(=O)NCCC1CCCCN1C(=O)c1ncn[nH]1. The van der Waals surface area contributed by atoms with Crippen LogP contribution in [0.2, 0.25) is 0 Å². The lowest BCUT2D eigenvalue weighted by atomic mass is 9.99. The number of nitrogens with zero attached hydrogens (tertiary/aromatic N) is 3. The zero-order valence-electron chi connectivity index (χ0n) is 11.4. The van der Waals surface area contributed by atoms with Gasteiger partial charge >= 0.3 is 0 Å². The van der Waals surface area contributed by atoms with E-state index in [0.29, 0.717) is 19.5 Å². The second kappa shape index (κ2) is 6.31. The lowest BCUT2D eigenvalue weighted by Gasteiger charge is -2.35. The number of amides is 1. The predicted octanol–water partition coefficient (Wildman–Crippen LogP) is -0.261. The Hall–Kier alpha value is -1.48. The number of likely N-dealkylation sites (tertiary alicyclic amines) is 1. The summed E-state index contributed by atoms with van der Waals surface area (Å²) in [5, 5.41) is 6.25. The molecule has 1 aromatic heterocycles. The van der Waals surface area contributed by atoms with E-state index >= 15 is 0 Å². The number of carbonyl (C=O) groups is 1. The third-order valence-corrected chi connectivity index (χ3v) is 4.08. The molecule has 20 heavy (non-hydrogen) atoms. The van der Waals surface area contributed by atoms with Gasteiger partial charge in [0.25, 0.3) is 5.91 Å². The van der Waals surface area contributed by atoms with Crippen molar-refractivity contribution in [3.05, 3.63) is 12.2 Å². The maximum atomic E-state index is 12.3. The molecule has 1 unspecified atom stereocenters. The number of hydrogen-bond donors (Lipinski definition) is 2. The first kappa shape index (κ1) is 14.9. The van der Waals surface area contributed by atoms with E-state index in [1.165, 1.54) is 6.33 Å². The summed E-state index contributed by atoms with van der Waals surface area (Å²) in [6.07, 6.45) is 5.92. The van der Waals surface area contributed by atoms with Gasteiger partial charge in [0.15, 0.2) is 0 Å².